The molecule has 9 nitrogen and oxygen atoms in total. The Morgan fingerprint density at radius 2 is 1.77 bits per heavy atom. The molecule has 10 heteroatoms. The Morgan fingerprint density at radius 3 is 2.60 bits per heavy atom. The molecule has 0 saturated heterocycles. The lowest BCUT2D eigenvalue weighted by molar-refractivity contribution is -0.142. The standard InChI is InChI=1S/C30H30FN5O4/c31-22-13-11-21(12-14-22)29(30(38)32-23-6-2-1-3-7-23)35(17-20-10-15-26-27(16-20)40-19-39-26)28(37)18-36-25-9-5-4-8-24(25)33-34-36/h4-5,8-16,23,29H,1-3,6-7,17-19H2,(H,32,38)/t29-/m0/s1. The minimum Gasteiger partial charge on any atom is -0.454 e. The minimum atomic E-state index is -0.991. The van der Waals surface area contributed by atoms with Crippen LogP contribution in [0.4, 0.5) is 4.39 Å². The molecule has 2 aliphatic rings. The van der Waals surface area contributed by atoms with Gasteiger partial charge in [0, 0.05) is 12.6 Å². The van der Waals surface area contributed by atoms with Gasteiger partial charge in [0.2, 0.25) is 18.6 Å². The van der Waals surface area contributed by atoms with Gasteiger partial charge in [-0.15, -0.1) is 5.10 Å². The Bertz CT molecular complexity index is 1520. The summed E-state index contributed by atoms with van der Waals surface area (Å²) in [5, 5.41) is 11.5. The maximum absolute atomic E-state index is 14.1. The van der Waals surface area contributed by atoms with Crippen LogP contribution in [0.15, 0.2) is 66.7 Å². The Hall–Kier alpha value is -4.47. The average molecular weight is 544 g/mol. The van der Waals surface area contributed by atoms with E-state index in [0.29, 0.717) is 28.1 Å². The molecule has 0 radical (unpaired) electrons. The van der Waals surface area contributed by atoms with Crippen molar-refractivity contribution in [2.24, 2.45) is 0 Å². The molecule has 1 fully saturated rings. The summed E-state index contributed by atoms with van der Waals surface area (Å²) in [6.45, 7) is 0.116. The molecule has 1 saturated carbocycles. The zero-order valence-corrected chi connectivity index (χ0v) is 22.0. The number of benzene rings is 3. The van der Waals surface area contributed by atoms with Crippen molar-refractivity contribution in [3.63, 3.8) is 0 Å². The highest BCUT2D eigenvalue weighted by Gasteiger charge is 2.34. The van der Waals surface area contributed by atoms with Crippen molar-refractivity contribution in [3.05, 3.63) is 83.7 Å². The van der Waals surface area contributed by atoms with Crippen molar-refractivity contribution in [2.75, 3.05) is 6.79 Å². The van der Waals surface area contributed by atoms with E-state index in [1.54, 1.807) is 18.2 Å². The number of ether oxygens (including phenoxy) is 2. The highest BCUT2D eigenvalue weighted by Crippen LogP contribution is 2.34. The van der Waals surface area contributed by atoms with E-state index in [-0.39, 0.29) is 37.7 Å². The molecule has 0 spiro atoms. The van der Waals surface area contributed by atoms with Gasteiger partial charge in [0.1, 0.15) is 23.9 Å². The molecule has 1 aliphatic heterocycles. The molecule has 0 bridgehead atoms. The normalized spacial score (nSPS) is 15.6. The quantitative estimate of drug-likeness (QED) is 0.351. The zero-order valence-electron chi connectivity index (χ0n) is 22.0. The third-order valence-corrected chi connectivity index (χ3v) is 7.51. The van der Waals surface area contributed by atoms with E-state index in [0.717, 1.165) is 37.7 Å². The van der Waals surface area contributed by atoms with Gasteiger partial charge in [-0.25, -0.2) is 9.07 Å². The van der Waals surface area contributed by atoms with Crippen LogP contribution in [0.25, 0.3) is 11.0 Å². The highest BCUT2D eigenvalue weighted by molar-refractivity contribution is 5.89. The van der Waals surface area contributed by atoms with Gasteiger partial charge in [0.15, 0.2) is 11.5 Å². The molecule has 1 atom stereocenters. The van der Waals surface area contributed by atoms with E-state index in [1.165, 1.54) is 21.7 Å². The van der Waals surface area contributed by atoms with Gasteiger partial charge in [-0.3, -0.25) is 9.59 Å². The first-order valence-corrected chi connectivity index (χ1v) is 13.6. The summed E-state index contributed by atoms with van der Waals surface area (Å²) in [4.78, 5) is 29.6. The van der Waals surface area contributed by atoms with Crippen LogP contribution in [0.2, 0.25) is 0 Å². The molecule has 0 unspecified atom stereocenters. The predicted octanol–water partition coefficient (Wildman–Crippen LogP) is 4.52. The molecule has 3 aromatic carbocycles. The van der Waals surface area contributed by atoms with Crippen molar-refractivity contribution < 1.29 is 23.5 Å². The van der Waals surface area contributed by atoms with Crippen LogP contribution in [-0.4, -0.2) is 44.5 Å². The fraction of sp³-hybridized carbons (Fsp3) is 0.333. The maximum atomic E-state index is 14.1. The number of amides is 2. The fourth-order valence-corrected chi connectivity index (χ4v) is 5.46. The second kappa shape index (κ2) is 11.3. The van der Waals surface area contributed by atoms with Gasteiger partial charge in [0.05, 0.1) is 5.52 Å². The number of carbonyl (C=O) groups is 2. The topological polar surface area (TPSA) is 98.6 Å². The van der Waals surface area contributed by atoms with Gasteiger partial charge in [-0.2, -0.15) is 0 Å². The molecule has 6 rings (SSSR count). The van der Waals surface area contributed by atoms with Crippen molar-refractivity contribution in [2.45, 2.75) is 57.3 Å². The Kier molecular flexibility index (Phi) is 7.31. The van der Waals surface area contributed by atoms with E-state index in [9.17, 15) is 14.0 Å². The van der Waals surface area contributed by atoms with Gasteiger partial charge in [-0.1, -0.05) is 54.8 Å². The highest BCUT2D eigenvalue weighted by atomic mass is 19.1. The molecule has 40 heavy (non-hydrogen) atoms. The van der Waals surface area contributed by atoms with Crippen molar-refractivity contribution in [1.82, 2.24) is 25.2 Å². The Labute approximate surface area is 230 Å². The van der Waals surface area contributed by atoms with Crippen LogP contribution in [0.5, 0.6) is 11.5 Å². The lowest BCUT2D eigenvalue weighted by Crippen LogP contribution is -2.47. The molecule has 2 heterocycles. The van der Waals surface area contributed by atoms with Crippen molar-refractivity contribution in [3.8, 4) is 11.5 Å². The first-order valence-electron chi connectivity index (χ1n) is 13.6. The summed E-state index contributed by atoms with van der Waals surface area (Å²) in [5.41, 5.74) is 2.66. The Balaban J connectivity index is 1.37. The number of hydrogen-bond donors (Lipinski definition) is 1. The fourth-order valence-electron chi connectivity index (χ4n) is 5.46. The molecule has 1 N–H and O–H groups in total. The number of aromatic nitrogens is 3. The van der Waals surface area contributed by atoms with Gasteiger partial charge in [-0.05, 0) is 60.4 Å². The van der Waals surface area contributed by atoms with Crippen LogP contribution in [-0.2, 0) is 22.7 Å². The lowest BCUT2D eigenvalue weighted by atomic mass is 9.94. The van der Waals surface area contributed by atoms with Crippen LogP contribution < -0.4 is 14.8 Å². The van der Waals surface area contributed by atoms with E-state index in [2.05, 4.69) is 15.6 Å². The van der Waals surface area contributed by atoms with Crippen LogP contribution in [0.1, 0.15) is 49.3 Å². The van der Waals surface area contributed by atoms with E-state index < -0.39 is 11.9 Å². The molecule has 4 aromatic rings. The summed E-state index contributed by atoms with van der Waals surface area (Å²) < 4.78 is 26.5. The second-order valence-corrected chi connectivity index (χ2v) is 10.2. The summed E-state index contributed by atoms with van der Waals surface area (Å²) >= 11 is 0. The van der Waals surface area contributed by atoms with Crippen molar-refractivity contribution in [1.29, 1.82) is 0 Å². The number of carbonyl (C=O) groups excluding carboxylic acids is 2. The van der Waals surface area contributed by atoms with Gasteiger partial charge < -0.3 is 19.7 Å². The lowest BCUT2D eigenvalue weighted by Gasteiger charge is -2.33. The van der Waals surface area contributed by atoms with Gasteiger partial charge in [0.25, 0.3) is 0 Å². The van der Waals surface area contributed by atoms with Crippen LogP contribution >= 0.6 is 0 Å². The predicted molar refractivity (Wildman–Crippen MR) is 145 cm³/mol. The minimum absolute atomic E-state index is 0.0333. The van der Waals surface area contributed by atoms with Gasteiger partial charge >= 0.3 is 0 Å². The number of hydrogen-bond acceptors (Lipinski definition) is 6. The summed E-state index contributed by atoms with van der Waals surface area (Å²) in [5.74, 6) is 0.161. The Morgan fingerprint density at radius 1 is 1.00 bits per heavy atom. The summed E-state index contributed by atoms with van der Waals surface area (Å²) in [6.07, 6.45) is 5.02. The zero-order chi connectivity index (χ0) is 27.5. The maximum Gasteiger partial charge on any atom is 0.247 e. The molecule has 1 aromatic heterocycles. The number of nitrogens with zero attached hydrogens (tertiary/aromatic N) is 4. The number of halogens is 1. The molecule has 206 valence electrons. The summed E-state index contributed by atoms with van der Waals surface area (Å²) in [7, 11) is 0. The number of para-hydroxylation sites is 1. The second-order valence-electron chi connectivity index (χ2n) is 10.2. The van der Waals surface area contributed by atoms with Crippen LogP contribution in [0.3, 0.4) is 0 Å². The van der Waals surface area contributed by atoms with E-state index in [4.69, 9.17) is 9.47 Å². The van der Waals surface area contributed by atoms with Crippen LogP contribution in [0, 0.1) is 5.82 Å². The molecular weight excluding hydrogens is 513 g/mol. The smallest absolute Gasteiger partial charge is 0.247 e. The largest absolute Gasteiger partial charge is 0.454 e. The first kappa shape index (κ1) is 25.8. The monoisotopic (exact) mass is 543 g/mol. The average Bonchev–Trinajstić information content (AvgIpc) is 3.61. The number of nitrogens with one attached hydrogen (secondary N) is 1. The third kappa shape index (κ3) is 5.47. The third-order valence-electron chi connectivity index (χ3n) is 7.51. The van der Waals surface area contributed by atoms with E-state index >= 15 is 0 Å². The molecule has 2 amide bonds. The number of rotatable bonds is 8. The first-order chi connectivity index (χ1) is 19.5. The van der Waals surface area contributed by atoms with Crippen molar-refractivity contribution >= 4 is 22.8 Å². The number of fused-ring (bicyclic) bond motifs is 2. The summed E-state index contributed by atoms with van der Waals surface area (Å²) in [6, 6.07) is 17.6. The molecular formula is C30H30FN5O4. The SMILES string of the molecule is O=C(NC1CCCCC1)[C@H](c1ccc(F)cc1)N(Cc1ccc2c(c1)OCO2)C(=O)Cn1nnc2ccccc21. The molecule has 1 aliphatic carbocycles. The van der Waals surface area contributed by atoms with E-state index in [1.807, 2.05) is 36.4 Å².